The maximum Gasteiger partial charge on any atom is 0.168 e. The molecule has 0 unspecified atom stereocenters. The number of nitrogens with zero attached hydrogens (tertiary/aromatic N) is 3. The first kappa shape index (κ1) is 11.0. The minimum atomic E-state index is 0.0757. The van der Waals surface area contributed by atoms with Crippen LogP contribution in [-0.2, 0) is 6.42 Å². The van der Waals surface area contributed by atoms with E-state index in [1.54, 1.807) is 36.2 Å². The molecule has 0 fully saturated rings. The highest BCUT2D eigenvalue weighted by Gasteiger charge is 2.09. The number of aromatic nitrogens is 3. The Bertz CT molecular complexity index is 694. The highest BCUT2D eigenvalue weighted by molar-refractivity contribution is 7.09. The highest BCUT2D eigenvalue weighted by Crippen LogP contribution is 2.15. The number of fused-ring (bicyclic) bond motifs is 1. The van der Waals surface area contributed by atoms with Gasteiger partial charge in [0.2, 0.25) is 0 Å². The van der Waals surface area contributed by atoms with Gasteiger partial charge < -0.3 is 0 Å². The number of thiazole rings is 1. The van der Waals surface area contributed by atoms with Crippen LogP contribution < -0.4 is 0 Å². The van der Waals surface area contributed by atoms with Crippen molar-refractivity contribution in [2.24, 2.45) is 0 Å². The second-order valence-corrected chi connectivity index (χ2v) is 4.80. The van der Waals surface area contributed by atoms with E-state index in [0.29, 0.717) is 12.0 Å². The van der Waals surface area contributed by atoms with Crippen molar-refractivity contribution in [2.75, 3.05) is 0 Å². The maximum absolute atomic E-state index is 12.1. The van der Waals surface area contributed by atoms with Crippen molar-refractivity contribution in [3.05, 3.63) is 52.7 Å². The molecule has 0 bridgehead atoms. The number of hydrogen-bond acceptors (Lipinski definition) is 5. The molecule has 3 aromatic rings. The largest absolute Gasteiger partial charge is 0.294 e. The summed E-state index contributed by atoms with van der Waals surface area (Å²) in [6.45, 7) is 0. The molecule has 1 aromatic carbocycles. The van der Waals surface area contributed by atoms with E-state index in [2.05, 4.69) is 15.0 Å². The number of carbonyl (C=O) groups excluding carboxylic acids is 1. The summed E-state index contributed by atoms with van der Waals surface area (Å²) < 4.78 is 0. The van der Waals surface area contributed by atoms with Gasteiger partial charge >= 0.3 is 0 Å². The first-order valence-corrected chi connectivity index (χ1v) is 6.32. The summed E-state index contributed by atoms with van der Waals surface area (Å²) in [5.41, 5.74) is 3.94. The van der Waals surface area contributed by atoms with Crippen molar-refractivity contribution in [3.63, 3.8) is 0 Å². The van der Waals surface area contributed by atoms with Gasteiger partial charge in [0.15, 0.2) is 5.78 Å². The van der Waals surface area contributed by atoms with Gasteiger partial charge in [-0.1, -0.05) is 0 Å². The van der Waals surface area contributed by atoms with Gasteiger partial charge in [0.1, 0.15) is 0 Å². The van der Waals surface area contributed by atoms with Crippen LogP contribution in [-0.4, -0.2) is 20.7 Å². The first-order chi connectivity index (χ1) is 8.83. The summed E-state index contributed by atoms with van der Waals surface area (Å²) in [6, 6.07) is 5.40. The lowest BCUT2D eigenvalue weighted by molar-refractivity contribution is 0.0994. The number of carbonyl (C=O) groups is 1. The van der Waals surface area contributed by atoms with E-state index in [1.165, 1.54) is 11.3 Å². The molecule has 5 heteroatoms. The highest BCUT2D eigenvalue weighted by atomic mass is 32.1. The second kappa shape index (κ2) is 4.62. The van der Waals surface area contributed by atoms with Crippen LogP contribution in [0.5, 0.6) is 0 Å². The molecule has 0 saturated carbocycles. The van der Waals surface area contributed by atoms with Crippen LogP contribution in [0.2, 0.25) is 0 Å². The fourth-order valence-electron chi connectivity index (χ4n) is 1.73. The fourth-order valence-corrected chi connectivity index (χ4v) is 2.32. The molecule has 2 aromatic heterocycles. The van der Waals surface area contributed by atoms with Gasteiger partial charge in [0, 0.05) is 35.5 Å². The van der Waals surface area contributed by atoms with E-state index < -0.39 is 0 Å². The van der Waals surface area contributed by atoms with Crippen LogP contribution in [0.25, 0.3) is 11.0 Å². The lowest BCUT2D eigenvalue weighted by Gasteiger charge is -2.01. The topological polar surface area (TPSA) is 55.7 Å². The zero-order valence-corrected chi connectivity index (χ0v) is 10.2. The fraction of sp³-hybridized carbons (Fsp3) is 0.0769. The standard InChI is InChI=1S/C13H9N3OS/c17-13(6-10-7-14-8-18-10)9-1-2-11-12(5-9)16-4-3-15-11/h1-5,7-8H,6H2. The molecule has 88 valence electrons. The molecule has 0 saturated heterocycles. The number of Topliss-reactive ketones (excluding diaryl/α,β-unsaturated/α-hetero) is 1. The zero-order chi connectivity index (χ0) is 12.4. The molecule has 0 N–H and O–H groups in total. The Labute approximate surface area is 107 Å². The normalized spacial score (nSPS) is 10.7. The Kier molecular flexibility index (Phi) is 2.82. The molecule has 4 nitrogen and oxygen atoms in total. The minimum absolute atomic E-state index is 0.0757. The average molecular weight is 255 g/mol. The van der Waals surface area contributed by atoms with E-state index in [4.69, 9.17) is 0 Å². The zero-order valence-electron chi connectivity index (χ0n) is 9.41. The van der Waals surface area contributed by atoms with Crippen molar-refractivity contribution in [1.82, 2.24) is 15.0 Å². The van der Waals surface area contributed by atoms with Crippen molar-refractivity contribution < 1.29 is 4.79 Å². The minimum Gasteiger partial charge on any atom is -0.294 e. The molecular weight excluding hydrogens is 246 g/mol. The summed E-state index contributed by atoms with van der Waals surface area (Å²) in [7, 11) is 0. The van der Waals surface area contributed by atoms with E-state index in [0.717, 1.165) is 15.9 Å². The van der Waals surface area contributed by atoms with Gasteiger partial charge in [0.25, 0.3) is 0 Å². The van der Waals surface area contributed by atoms with Gasteiger partial charge in [0.05, 0.1) is 16.5 Å². The summed E-state index contributed by atoms with van der Waals surface area (Å²) in [6.07, 6.45) is 5.38. The second-order valence-electron chi connectivity index (χ2n) is 3.83. The quantitative estimate of drug-likeness (QED) is 0.675. The summed E-state index contributed by atoms with van der Waals surface area (Å²) in [5, 5.41) is 0. The molecule has 0 atom stereocenters. The molecule has 0 spiro atoms. The Hall–Kier alpha value is -2.14. The average Bonchev–Trinajstić information content (AvgIpc) is 2.91. The molecule has 18 heavy (non-hydrogen) atoms. The van der Waals surface area contributed by atoms with Crippen molar-refractivity contribution in [1.29, 1.82) is 0 Å². The van der Waals surface area contributed by atoms with Gasteiger partial charge in [-0.15, -0.1) is 11.3 Å². The van der Waals surface area contributed by atoms with E-state index >= 15 is 0 Å². The smallest absolute Gasteiger partial charge is 0.168 e. The van der Waals surface area contributed by atoms with Crippen LogP contribution >= 0.6 is 11.3 Å². The molecule has 0 aliphatic rings. The molecule has 0 amide bonds. The maximum atomic E-state index is 12.1. The van der Waals surface area contributed by atoms with E-state index in [1.807, 2.05) is 6.07 Å². The number of hydrogen-bond donors (Lipinski definition) is 0. The Morgan fingerprint density at radius 2 is 2.00 bits per heavy atom. The molecule has 2 heterocycles. The van der Waals surface area contributed by atoms with Crippen LogP contribution in [0.15, 0.2) is 42.3 Å². The Balaban J connectivity index is 1.92. The molecule has 0 aliphatic heterocycles. The Morgan fingerprint density at radius 1 is 1.17 bits per heavy atom. The number of ketones is 1. The monoisotopic (exact) mass is 255 g/mol. The molecular formula is C13H9N3OS. The SMILES string of the molecule is O=C(Cc1cncs1)c1ccc2nccnc2c1. The lowest BCUT2D eigenvalue weighted by atomic mass is 10.1. The predicted molar refractivity (Wildman–Crippen MR) is 69.7 cm³/mol. The van der Waals surface area contributed by atoms with Crippen LogP contribution in [0.1, 0.15) is 15.2 Å². The third-order valence-electron chi connectivity index (χ3n) is 2.61. The number of benzene rings is 1. The molecule has 0 aliphatic carbocycles. The van der Waals surface area contributed by atoms with Crippen molar-refractivity contribution >= 4 is 28.2 Å². The van der Waals surface area contributed by atoms with Crippen molar-refractivity contribution in [3.8, 4) is 0 Å². The summed E-state index contributed by atoms with van der Waals surface area (Å²) in [4.78, 5) is 25.4. The van der Waals surface area contributed by atoms with E-state index in [-0.39, 0.29) is 5.78 Å². The third-order valence-corrected chi connectivity index (χ3v) is 3.39. The summed E-state index contributed by atoms with van der Waals surface area (Å²) >= 11 is 1.49. The molecule has 3 rings (SSSR count). The predicted octanol–water partition coefficient (Wildman–Crippen LogP) is 2.51. The Morgan fingerprint density at radius 3 is 2.78 bits per heavy atom. The third kappa shape index (κ3) is 2.12. The first-order valence-electron chi connectivity index (χ1n) is 5.44. The van der Waals surface area contributed by atoms with Gasteiger partial charge in [-0.2, -0.15) is 0 Å². The molecule has 0 radical (unpaired) electrons. The summed E-state index contributed by atoms with van der Waals surface area (Å²) in [5.74, 6) is 0.0757. The van der Waals surface area contributed by atoms with Crippen LogP contribution in [0.3, 0.4) is 0 Å². The van der Waals surface area contributed by atoms with Gasteiger partial charge in [-0.3, -0.25) is 19.7 Å². The van der Waals surface area contributed by atoms with Crippen molar-refractivity contribution in [2.45, 2.75) is 6.42 Å². The van der Waals surface area contributed by atoms with Crippen LogP contribution in [0, 0.1) is 0 Å². The lowest BCUT2D eigenvalue weighted by Crippen LogP contribution is -2.02. The number of rotatable bonds is 3. The van der Waals surface area contributed by atoms with E-state index in [9.17, 15) is 4.79 Å². The van der Waals surface area contributed by atoms with Gasteiger partial charge in [-0.25, -0.2) is 0 Å². The van der Waals surface area contributed by atoms with Gasteiger partial charge in [-0.05, 0) is 18.2 Å². The van der Waals surface area contributed by atoms with Crippen LogP contribution in [0.4, 0.5) is 0 Å².